The SMILES string of the molecule is CCS(=O)(=O)c1ccc(CC(NC(=O)OC(C)(C)C)C(=O)O)cc1. The number of amides is 1. The van der Waals surface area contributed by atoms with Crippen LogP contribution in [0.2, 0.25) is 0 Å². The maximum absolute atomic E-state index is 11.8. The van der Waals surface area contributed by atoms with E-state index in [2.05, 4.69) is 5.32 Å². The summed E-state index contributed by atoms with van der Waals surface area (Å²) in [4.78, 5) is 23.2. The fourth-order valence-corrected chi connectivity index (χ4v) is 2.77. The van der Waals surface area contributed by atoms with Gasteiger partial charge >= 0.3 is 12.1 Å². The average molecular weight is 357 g/mol. The zero-order chi connectivity index (χ0) is 18.5. The summed E-state index contributed by atoms with van der Waals surface area (Å²) in [6.45, 7) is 6.58. The van der Waals surface area contributed by atoms with Gasteiger partial charge < -0.3 is 15.2 Å². The van der Waals surface area contributed by atoms with Crippen molar-refractivity contribution in [3.8, 4) is 0 Å². The molecule has 1 unspecified atom stereocenters. The molecule has 1 aromatic rings. The van der Waals surface area contributed by atoms with Crippen LogP contribution in [0, 0.1) is 0 Å². The molecule has 7 nitrogen and oxygen atoms in total. The van der Waals surface area contributed by atoms with Crippen molar-refractivity contribution in [2.75, 3.05) is 5.75 Å². The number of carboxylic acid groups (broad SMARTS) is 1. The van der Waals surface area contributed by atoms with E-state index in [1.165, 1.54) is 24.3 Å². The van der Waals surface area contributed by atoms with Crippen LogP contribution in [-0.4, -0.2) is 43.0 Å². The lowest BCUT2D eigenvalue weighted by Crippen LogP contribution is -2.44. The van der Waals surface area contributed by atoms with Crippen LogP contribution in [0.1, 0.15) is 33.3 Å². The van der Waals surface area contributed by atoms with Crippen molar-refractivity contribution in [3.05, 3.63) is 29.8 Å². The van der Waals surface area contributed by atoms with Crippen LogP contribution in [-0.2, 0) is 25.8 Å². The average Bonchev–Trinajstić information content (AvgIpc) is 2.45. The molecular weight excluding hydrogens is 334 g/mol. The lowest BCUT2D eigenvalue weighted by atomic mass is 10.1. The number of sulfone groups is 1. The first-order chi connectivity index (χ1) is 10.9. The van der Waals surface area contributed by atoms with Crippen LogP contribution in [0.3, 0.4) is 0 Å². The Hall–Kier alpha value is -2.09. The normalized spacial score (nSPS) is 13.2. The van der Waals surface area contributed by atoms with Crippen molar-refractivity contribution in [1.29, 1.82) is 0 Å². The van der Waals surface area contributed by atoms with E-state index in [4.69, 9.17) is 4.74 Å². The number of aliphatic carboxylic acids is 1. The molecule has 0 aliphatic carbocycles. The molecule has 134 valence electrons. The Morgan fingerprint density at radius 2 is 1.75 bits per heavy atom. The van der Waals surface area contributed by atoms with Gasteiger partial charge in [0.1, 0.15) is 11.6 Å². The predicted molar refractivity (Wildman–Crippen MR) is 88.7 cm³/mol. The van der Waals surface area contributed by atoms with E-state index < -0.39 is 33.5 Å². The summed E-state index contributed by atoms with van der Waals surface area (Å²) >= 11 is 0. The van der Waals surface area contributed by atoms with Crippen LogP contribution in [0.25, 0.3) is 0 Å². The smallest absolute Gasteiger partial charge is 0.408 e. The summed E-state index contributed by atoms with van der Waals surface area (Å²) in [6, 6.07) is 4.76. The van der Waals surface area contributed by atoms with Gasteiger partial charge in [-0.1, -0.05) is 19.1 Å². The molecule has 0 radical (unpaired) electrons. The molecule has 1 rings (SSSR count). The molecule has 1 aromatic carbocycles. The molecular formula is C16H23NO6S. The Morgan fingerprint density at radius 3 is 2.17 bits per heavy atom. The van der Waals surface area contributed by atoms with E-state index in [-0.39, 0.29) is 17.1 Å². The molecule has 2 N–H and O–H groups in total. The standard InChI is InChI=1S/C16H23NO6S/c1-5-24(21,22)12-8-6-11(7-9-12)10-13(14(18)19)17-15(20)23-16(2,3)4/h6-9,13H,5,10H2,1-4H3,(H,17,20)(H,18,19). The molecule has 8 heteroatoms. The van der Waals surface area contributed by atoms with Gasteiger partial charge in [0.25, 0.3) is 0 Å². The number of alkyl carbamates (subject to hydrolysis) is 1. The third kappa shape index (κ3) is 6.19. The third-order valence-corrected chi connectivity index (χ3v) is 4.84. The van der Waals surface area contributed by atoms with Gasteiger partial charge in [-0.15, -0.1) is 0 Å². The minimum absolute atomic E-state index is 0.00963. The summed E-state index contributed by atoms with van der Waals surface area (Å²) in [7, 11) is -3.31. The van der Waals surface area contributed by atoms with Gasteiger partial charge in [0.15, 0.2) is 9.84 Å². The molecule has 1 amide bonds. The number of carbonyl (C=O) groups excluding carboxylic acids is 1. The van der Waals surface area contributed by atoms with Gasteiger partial charge in [-0.05, 0) is 38.5 Å². The molecule has 0 saturated carbocycles. The van der Waals surface area contributed by atoms with Crippen molar-refractivity contribution in [2.45, 2.75) is 50.7 Å². The van der Waals surface area contributed by atoms with E-state index in [1.807, 2.05) is 0 Å². The van der Waals surface area contributed by atoms with E-state index in [1.54, 1.807) is 27.7 Å². The number of carbonyl (C=O) groups is 2. The van der Waals surface area contributed by atoms with E-state index >= 15 is 0 Å². The number of rotatable bonds is 6. The fraction of sp³-hybridized carbons (Fsp3) is 0.500. The zero-order valence-electron chi connectivity index (χ0n) is 14.2. The summed E-state index contributed by atoms with van der Waals surface area (Å²) in [5, 5.41) is 11.5. The highest BCUT2D eigenvalue weighted by Gasteiger charge is 2.24. The van der Waals surface area contributed by atoms with Crippen LogP contribution < -0.4 is 5.32 Å². The predicted octanol–water partition coefficient (Wildman–Crippen LogP) is 2.00. The number of hydrogen-bond acceptors (Lipinski definition) is 5. The van der Waals surface area contributed by atoms with Crippen LogP contribution in [0.4, 0.5) is 4.79 Å². The molecule has 0 saturated heterocycles. The Kier molecular flexibility index (Phi) is 6.36. The second-order valence-electron chi connectivity index (χ2n) is 6.29. The van der Waals surface area contributed by atoms with Crippen LogP contribution >= 0.6 is 0 Å². The quantitative estimate of drug-likeness (QED) is 0.806. The first-order valence-electron chi connectivity index (χ1n) is 7.48. The van der Waals surface area contributed by atoms with Crippen molar-refractivity contribution in [1.82, 2.24) is 5.32 Å². The van der Waals surface area contributed by atoms with E-state index in [0.717, 1.165) is 0 Å². The largest absolute Gasteiger partial charge is 0.480 e. The summed E-state index contributed by atoms with van der Waals surface area (Å²) in [5.41, 5.74) is -0.142. The highest BCUT2D eigenvalue weighted by Crippen LogP contribution is 2.14. The Bertz CT molecular complexity index is 688. The Labute approximate surface area is 141 Å². The van der Waals surface area contributed by atoms with E-state index in [0.29, 0.717) is 5.56 Å². The fourth-order valence-electron chi connectivity index (χ4n) is 1.89. The van der Waals surface area contributed by atoms with Gasteiger partial charge in [0.05, 0.1) is 10.6 Å². The monoisotopic (exact) mass is 357 g/mol. The van der Waals surface area contributed by atoms with Crippen molar-refractivity contribution in [2.24, 2.45) is 0 Å². The summed E-state index contributed by atoms with van der Waals surface area (Å²) in [6.07, 6.45) is -0.804. The van der Waals surface area contributed by atoms with Crippen molar-refractivity contribution < 1.29 is 27.9 Å². The second-order valence-corrected chi connectivity index (χ2v) is 8.57. The van der Waals surface area contributed by atoms with E-state index in [9.17, 15) is 23.1 Å². The lowest BCUT2D eigenvalue weighted by molar-refractivity contribution is -0.139. The Balaban J connectivity index is 2.83. The molecule has 0 bridgehead atoms. The summed E-state index contributed by atoms with van der Waals surface area (Å²) in [5.74, 6) is -1.21. The molecule has 0 aliphatic rings. The summed E-state index contributed by atoms with van der Waals surface area (Å²) < 4.78 is 28.5. The molecule has 0 aliphatic heterocycles. The third-order valence-electron chi connectivity index (χ3n) is 3.09. The molecule has 0 fully saturated rings. The van der Waals surface area contributed by atoms with Gasteiger partial charge in [-0.2, -0.15) is 0 Å². The number of benzene rings is 1. The molecule has 0 aromatic heterocycles. The van der Waals surface area contributed by atoms with Crippen LogP contribution in [0.5, 0.6) is 0 Å². The van der Waals surface area contributed by atoms with Gasteiger partial charge in [0.2, 0.25) is 0 Å². The van der Waals surface area contributed by atoms with Crippen molar-refractivity contribution in [3.63, 3.8) is 0 Å². The lowest BCUT2D eigenvalue weighted by Gasteiger charge is -2.22. The minimum Gasteiger partial charge on any atom is -0.480 e. The highest BCUT2D eigenvalue weighted by molar-refractivity contribution is 7.91. The topological polar surface area (TPSA) is 110 Å². The molecule has 0 spiro atoms. The van der Waals surface area contributed by atoms with Crippen LogP contribution in [0.15, 0.2) is 29.2 Å². The molecule has 24 heavy (non-hydrogen) atoms. The minimum atomic E-state index is -3.31. The van der Waals surface area contributed by atoms with Gasteiger partial charge in [-0.3, -0.25) is 0 Å². The highest BCUT2D eigenvalue weighted by atomic mass is 32.2. The number of hydrogen-bond donors (Lipinski definition) is 2. The maximum Gasteiger partial charge on any atom is 0.408 e. The second kappa shape index (κ2) is 7.65. The maximum atomic E-state index is 11.8. The molecule has 0 heterocycles. The first kappa shape index (κ1) is 20.0. The molecule has 1 atom stereocenters. The first-order valence-corrected chi connectivity index (χ1v) is 9.14. The number of nitrogens with one attached hydrogen (secondary N) is 1. The van der Waals surface area contributed by atoms with Gasteiger partial charge in [0, 0.05) is 6.42 Å². The zero-order valence-corrected chi connectivity index (χ0v) is 15.0. The number of carboxylic acids is 1. The number of ether oxygens (including phenoxy) is 1. The van der Waals surface area contributed by atoms with Crippen molar-refractivity contribution >= 4 is 21.9 Å². The van der Waals surface area contributed by atoms with Gasteiger partial charge in [-0.25, -0.2) is 18.0 Å². The Morgan fingerprint density at radius 1 is 1.21 bits per heavy atom.